The van der Waals surface area contributed by atoms with Gasteiger partial charge in [0.2, 0.25) is 0 Å². The lowest BCUT2D eigenvalue weighted by Gasteiger charge is -2.14. The first-order chi connectivity index (χ1) is 6.38. The van der Waals surface area contributed by atoms with E-state index in [0.29, 0.717) is 0 Å². The van der Waals surface area contributed by atoms with Crippen molar-refractivity contribution >= 4 is 0 Å². The van der Waals surface area contributed by atoms with Gasteiger partial charge in [0, 0.05) is 6.04 Å². The van der Waals surface area contributed by atoms with Crippen LogP contribution in [-0.4, -0.2) is 6.18 Å². The van der Waals surface area contributed by atoms with Crippen molar-refractivity contribution in [3.8, 4) is 0 Å². The van der Waals surface area contributed by atoms with E-state index < -0.39 is 24.5 Å². The Balaban J connectivity index is 2.74. The molecule has 1 nitrogen and oxygen atoms in total. The maximum Gasteiger partial charge on any atom is 0.390 e. The molecule has 0 saturated heterocycles. The van der Waals surface area contributed by atoms with E-state index in [1.54, 1.807) is 0 Å². The van der Waals surface area contributed by atoms with Crippen molar-refractivity contribution < 1.29 is 17.6 Å². The second-order valence-corrected chi connectivity index (χ2v) is 2.98. The van der Waals surface area contributed by atoms with Crippen molar-refractivity contribution in [2.75, 3.05) is 0 Å². The highest BCUT2D eigenvalue weighted by atomic mass is 19.4. The summed E-state index contributed by atoms with van der Waals surface area (Å²) in [5.74, 6) is -0.583. The third kappa shape index (κ3) is 3.33. The molecule has 1 atom stereocenters. The first-order valence-electron chi connectivity index (χ1n) is 3.96. The van der Waals surface area contributed by atoms with Crippen LogP contribution in [0.5, 0.6) is 0 Å². The molecular weight excluding hydrogens is 198 g/mol. The summed E-state index contributed by atoms with van der Waals surface area (Å²) in [6.45, 7) is 0. The van der Waals surface area contributed by atoms with Crippen molar-refractivity contribution in [3.05, 3.63) is 35.6 Å². The van der Waals surface area contributed by atoms with Crippen LogP contribution in [0.15, 0.2) is 24.3 Å². The number of nitrogens with two attached hydrogens (primary N) is 1. The largest absolute Gasteiger partial charge is 0.390 e. The Kier molecular flexibility index (Phi) is 3.10. The van der Waals surface area contributed by atoms with E-state index >= 15 is 0 Å². The highest BCUT2D eigenvalue weighted by molar-refractivity contribution is 5.19. The van der Waals surface area contributed by atoms with Gasteiger partial charge in [-0.3, -0.25) is 0 Å². The van der Waals surface area contributed by atoms with Gasteiger partial charge in [-0.25, -0.2) is 4.39 Å². The molecule has 0 radical (unpaired) electrons. The van der Waals surface area contributed by atoms with Crippen molar-refractivity contribution in [1.29, 1.82) is 0 Å². The van der Waals surface area contributed by atoms with Gasteiger partial charge in [0.25, 0.3) is 0 Å². The Morgan fingerprint density at radius 1 is 1.29 bits per heavy atom. The number of alkyl halides is 3. The maximum absolute atomic E-state index is 12.6. The Morgan fingerprint density at radius 3 is 2.43 bits per heavy atom. The summed E-state index contributed by atoms with van der Waals surface area (Å²) in [5, 5.41) is 0. The molecule has 2 N–H and O–H groups in total. The molecule has 1 unspecified atom stereocenters. The van der Waals surface area contributed by atoms with Gasteiger partial charge in [0.1, 0.15) is 5.82 Å². The number of hydrogen-bond acceptors (Lipinski definition) is 1. The molecule has 0 aromatic heterocycles. The average Bonchev–Trinajstić information content (AvgIpc) is 2.01. The van der Waals surface area contributed by atoms with E-state index in [2.05, 4.69) is 0 Å². The van der Waals surface area contributed by atoms with Crippen LogP contribution in [0.4, 0.5) is 17.6 Å². The molecule has 0 aliphatic heterocycles. The van der Waals surface area contributed by atoms with Crippen molar-refractivity contribution in [2.45, 2.75) is 18.6 Å². The fourth-order valence-corrected chi connectivity index (χ4v) is 1.10. The molecule has 0 aliphatic rings. The lowest BCUT2D eigenvalue weighted by atomic mass is 10.0. The Labute approximate surface area is 78.5 Å². The van der Waals surface area contributed by atoms with Crippen LogP contribution in [0.1, 0.15) is 18.0 Å². The van der Waals surface area contributed by atoms with Crippen LogP contribution in [0, 0.1) is 5.82 Å². The predicted molar refractivity (Wildman–Crippen MR) is 44.0 cm³/mol. The number of hydrogen-bond donors (Lipinski definition) is 1. The van der Waals surface area contributed by atoms with Gasteiger partial charge < -0.3 is 5.73 Å². The summed E-state index contributed by atoms with van der Waals surface area (Å²) in [4.78, 5) is 0. The second kappa shape index (κ2) is 3.96. The van der Waals surface area contributed by atoms with Crippen LogP contribution in [0.3, 0.4) is 0 Å². The lowest BCUT2D eigenvalue weighted by molar-refractivity contribution is -0.138. The summed E-state index contributed by atoms with van der Waals surface area (Å²) < 4.78 is 48.4. The van der Waals surface area contributed by atoms with Crippen molar-refractivity contribution in [2.24, 2.45) is 5.73 Å². The quantitative estimate of drug-likeness (QED) is 0.741. The molecule has 1 aromatic rings. The molecule has 0 aliphatic carbocycles. The Hall–Kier alpha value is -1.10. The SMILES string of the molecule is NC(CC(F)(F)F)c1cccc(F)c1. The molecule has 0 spiro atoms. The minimum atomic E-state index is -4.33. The van der Waals surface area contributed by atoms with E-state index in [4.69, 9.17) is 5.73 Å². The van der Waals surface area contributed by atoms with E-state index in [1.165, 1.54) is 12.1 Å². The first kappa shape index (κ1) is 11.0. The standard InChI is InChI=1S/C9H9F4N/c10-7-3-1-2-6(4-7)8(14)5-9(11,12)13/h1-4,8H,5,14H2. The zero-order chi connectivity index (χ0) is 10.8. The summed E-state index contributed by atoms with van der Waals surface area (Å²) in [6, 6.07) is 3.67. The number of halogens is 4. The molecule has 0 heterocycles. The highest BCUT2D eigenvalue weighted by Gasteiger charge is 2.30. The third-order valence-electron chi connectivity index (χ3n) is 1.73. The number of rotatable bonds is 2. The van der Waals surface area contributed by atoms with Crippen LogP contribution in [-0.2, 0) is 0 Å². The fraction of sp³-hybridized carbons (Fsp3) is 0.333. The van der Waals surface area contributed by atoms with E-state index in [9.17, 15) is 17.6 Å². The summed E-state index contributed by atoms with van der Waals surface area (Å²) in [7, 11) is 0. The third-order valence-corrected chi connectivity index (χ3v) is 1.73. The van der Waals surface area contributed by atoms with Gasteiger partial charge in [0.05, 0.1) is 6.42 Å². The van der Waals surface area contributed by atoms with Gasteiger partial charge >= 0.3 is 6.18 Å². The highest BCUT2D eigenvalue weighted by Crippen LogP contribution is 2.27. The fourth-order valence-electron chi connectivity index (χ4n) is 1.10. The van der Waals surface area contributed by atoms with Crippen LogP contribution in [0.2, 0.25) is 0 Å². The minimum absolute atomic E-state index is 0.155. The Bertz CT molecular complexity index is 308. The summed E-state index contributed by atoms with van der Waals surface area (Å²) in [5.41, 5.74) is 5.42. The van der Waals surface area contributed by atoms with Crippen molar-refractivity contribution in [1.82, 2.24) is 0 Å². The van der Waals surface area contributed by atoms with Gasteiger partial charge in [-0.15, -0.1) is 0 Å². The maximum atomic E-state index is 12.6. The van der Waals surface area contributed by atoms with E-state index in [1.807, 2.05) is 0 Å². The molecule has 0 fully saturated rings. The summed E-state index contributed by atoms with van der Waals surface area (Å²) in [6.07, 6.45) is -5.47. The topological polar surface area (TPSA) is 26.0 Å². The summed E-state index contributed by atoms with van der Waals surface area (Å²) >= 11 is 0. The smallest absolute Gasteiger partial charge is 0.324 e. The van der Waals surface area contributed by atoms with Crippen LogP contribution in [0.25, 0.3) is 0 Å². The molecule has 78 valence electrons. The molecule has 1 rings (SSSR count). The molecular formula is C9H9F4N. The molecule has 14 heavy (non-hydrogen) atoms. The normalized spacial score (nSPS) is 14.1. The number of benzene rings is 1. The molecule has 0 bridgehead atoms. The van der Waals surface area contributed by atoms with Gasteiger partial charge in [0.15, 0.2) is 0 Å². The van der Waals surface area contributed by atoms with E-state index in [-0.39, 0.29) is 5.56 Å². The second-order valence-electron chi connectivity index (χ2n) is 2.98. The molecule has 0 amide bonds. The Morgan fingerprint density at radius 2 is 1.93 bits per heavy atom. The lowest BCUT2D eigenvalue weighted by Crippen LogP contribution is -2.20. The zero-order valence-electron chi connectivity index (χ0n) is 7.18. The van der Waals surface area contributed by atoms with Crippen molar-refractivity contribution in [3.63, 3.8) is 0 Å². The predicted octanol–water partition coefficient (Wildman–Crippen LogP) is 2.78. The first-order valence-corrected chi connectivity index (χ1v) is 3.96. The minimum Gasteiger partial charge on any atom is -0.324 e. The zero-order valence-corrected chi connectivity index (χ0v) is 7.18. The molecule has 1 aromatic carbocycles. The molecule has 5 heteroatoms. The van der Waals surface area contributed by atoms with Gasteiger partial charge in [-0.1, -0.05) is 12.1 Å². The van der Waals surface area contributed by atoms with Crippen LogP contribution >= 0.6 is 0 Å². The van der Waals surface area contributed by atoms with Crippen LogP contribution < -0.4 is 5.73 Å². The van der Waals surface area contributed by atoms with Gasteiger partial charge in [-0.2, -0.15) is 13.2 Å². The molecule has 0 saturated carbocycles. The van der Waals surface area contributed by atoms with E-state index in [0.717, 1.165) is 12.1 Å². The average molecular weight is 207 g/mol. The monoisotopic (exact) mass is 207 g/mol. The van der Waals surface area contributed by atoms with Gasteiger partial charge in [-0.05, 0) is 17.7 Å².